The smallest absolute Gasteiger partial charge is 0.251 e. The molecule has 1 unspecified atom stereocenters. The van der Waals surface area contributed by atoms with Crippen LogP contribution < -0.4 is 10.1 Å². The molecule has 1 aromatic heterocycles. The number of aryl methyl sites for hydroxylation is 2. The number of imidazole rings is 1. The average molecular weight is 363 g/mol. The van der Waals surface area contributed by atoms with E-state index in [0.29, 0.717) is 12.2 Å². The second-order valence-corrected chi connectivity index (χ2v) is 6.80. The van der Waals surface area contributed by atoms with Crippen molar-refractivity contribution in [3.63, 3.8) is 0 Å². The maximum atomic E-state index is 12.4. The lowest BCUT2D eigenvalue weighted by atomic mass is 10.1. The van der Waals surface area contributed by atoms with Crippen LogP contribution in [0.4, 0.5) is 0 Å². The van der Waals surface area contributed by atoms with Crippen LogP contribution in [0.15, 0.2) is 60.9 Å². The number of nitrogens with zero attached hydrogens (tertiary/aromatic N) is 2. The molecule has 1 heterocycles. The van der Waals surface area contributed by atoms with Gasteiger partial charge in [-0.25, -0.2) is 4.98 Å². The predicted molar refractivity (Wildman–Crippen MR) is 106 cm³/mol. The van der Waals surface area contributed by atoms with E-state index in [4.69, 9.17) is 4.74 Å². The zero-order valence-electron chi connectivity index (χ0n) is 16.0. The minimum absolute atomic E-state index is 0.0907. The van der Waals surface area contributed by atoms with Crippen molar-refractivity contribution in [2.75, 3.05) is 6.61 Å². The van der Waals surface area contributed by atoms with Crippen LogP contribution in [0.3, 0.4) is 0 Å². The summed E-state index contributed by atoms with van der Waals surface area (Å²) in [4.78, 5) is 16.6. The zero-order chi connectivity index (χ0) is 19.2. The molecule has 2 aromatic carbocycles. The van der Waals surface area contributed by atoms with E-state index >= 15 is 0 Å². The molecule has 0 fully saturated rings. The van der Waals surface area contributed by atoms with Gasteiger partial charge in [0.05, 0.1) is 6.04 Å². The van der Waals surface area contributed by atoms with Crippen molar-refractivity contribution in [1.29, 1.82) is 0 Å². The van der Waals surface area contributed by atoms with E-state index in [1.165, 1.54) is 5.56 Å². The van der Waals surface area contributed by atoms with Crippen LogP contribution in [-0.2, 0) is 6.54 Å². The molecule has 1 atom stereocenters. The van der Waals surface area contributed by atoms with E-state index in [1.807, 2.05) is 75.5 Å². The lowest BCUT2D eigenvalue weighted by Gasteiger charge is -2.15. The highest BCUT2D eigenvalue weighted by atomic mass is 16.5. The standard InChI is InChI=1S/C22H25N3O2/c1-16-4-10-21(11-5-16)27-15-17(2)24-22(26)20-8-6-19(7-9-20)14-25-13-12-23-18(25)3/h4-13,17H,14-15H2,1-3H3,(H,24,26). The number of carbonyl (C=O) groups excluding carboxylic acids is 1. The quantitative estimate of drug-likeness (QED) is 0.696. The Bertz CT molecular complexity index is 883. The second-order valence-electron chi connectivity index (χ2n) is 6.80. The van der Waals surface area contributed by atoms with Gasteiger partial charge >= 0.3 is 0 Å². The van der Waals surface area contributed by atoms with Gasteiger partial charge in [-0.1, -0.05) is 29.8 Å². The van der Waals surface area contributed by atoms with Gasteiger partial charge in [-0.05, 0) is 50.6 Å². The summed E-state index contributed by atoms with van der Waals surface area (Å²) in [6.07, 6.45) is 3.74. The van der Waals surface area contributed by atoms with Gasteiger partial charge in [0, 0.05) is 24.5 Å². The van der Waals surface area contributed by atoms with Crippen molar-refractivity contribution < 1.29 is 9.53 Å². The lowest BCUT2D eigenvalue weighted by molar-refractivity contribution is 0.0926. The molecule has 0 saturated carbocycles. The first-order valence-electron chi connectivity index (χ1n) is 9.08. The fraction of sp³-hybridized carbons (Fsp3) is 0.273. The maximum Gasteiger partial charge on any atom is 0.251 e. The number of benzene rings is 2. The van der Waals surface area contributed by atoms with Crippen LogP contribution in [0, 0.1) is 13.8 Å². The summed E-state index contributed by atoms with van der Waals surface area (Å²) in [6, 6.07) is 15.4. The molecule has 0 aliphatic rings. The number of nitrogens with one attached hydrogen (secondary N) is 1. The Balaban J connectivity index is 1.51. The van der Waals surface area contributed by atoms with E-state index in [-0.39, 0.29) is 11.9 Å². The van der Waals surface area contributed by atoms with Gasteiger partial charge in [0.15, 0.2) is 0 Å². The lowest BCUT2D eigenvalue weighted by Crippen LogP contribution is -2.36. The SMILES string of the molecule is Cc1ccc(OCC(C)NC(=O)c2ccc(Cn3ccnc3C)cc2)cc1. The minimum Gasteiger partial charge on any atom is -0.491 e. The third kappa shape index (κ3) is 5.20. The van der Waals surface area contributed by atoms with Gasteiger partial charge in [-0.3, -0.25) is 4.79 Å². The van der Waals surface area contributed by atoms with Gasteiger partial charge in [0.2, 0.25) is 0 Å². The molecule has 5 heteroatoms. The molecule has 0 bridgehead atoms. The zero-order valence-corrected chi connectivity index (χ0v) is 16.0. The topological polar surface area (TPSA) is 56.1 Å². The number of hydrogen-bond donors (Lipinski definition) is 1. The molecule has 3 aromatic rings. The highest BCUT2D eigenvalue weighted by molar-refractivity contribution is 5.94. The van der Waals surface area contributed by atoms with Crippen molar-refractivity contribution in [2.45, 2.75) is 33.4 Å². The Labute approximate surface area is 160 Å². The molecular weight excluding hydrogens is 338 g/mol. The van der Waals surface area contributed by atoms with Crippen molar-refractivity contribution >= 4 is 5.91 Å². The minimum atomic E-state index is -0.0969. The van der Waals surface area contributed by atoms with Gasteiger partial charge in [0.25, 0.3) is 5.91 Å². The van der Waals surface area contributed by atoms with Crippen LogP contribution in [0.2, 0.25) is 0 Å². The fourth-order valence-electron chi connectivity index (χ4n) is 2.73. The number of aromatic nitrogens is 2. The molecule has 27 heavy (non-hydrogen) atoms. The van der Waals surface area contributed by atoms with Gasteiger partial charge in [-0.2, -0.15) is 0 Å². The Morgan fingerprint density at radius 3 is 2.44 bits per heavy atom. The third-order valence-corrected chi connectivity index (χ3v) is 4.39. The monoisotopic (exact) mass is 363 g/mol. The average Bonchev–Trinajstić information content (AvgIpc) is 3.06. The van der Waals surface area contributed by atoms with Crippen LogP contribution in [-0.4, -0.2) is 28.1 Å². The molecule has 0 aliphatic carbocycles. The summed E-state index contributed by atoms with van der Waals surface area (Å²) >= 11 is 0. The molecule has 1 N–H and O–H groups in total. The van der Waals surface area contributed by atoms with Crippen LogP contribution in [0.25, 0.3) is 0 Å². The molecule has 0 saturated heterocycles. The second kappa shape index (κ2) is 8.54. The summed E-state index contributed by atoms with van der Waals surface area (Å²) in [6.45, 7) is 7.11. The Kier molecular flexibility index (Phi) is 5.91. The van der Waals surface area contributed by atoms with E-state index < -0.39 is 0 Å². The van der Waals surface area contributed by atoms with E-state index in [0.717, 1.165) is 23.7 Å². The highest BCUT2D eigenvalue weighted by Gasteiger charge is 2.11. The molecule has 0 spiro atoms. The number of hydrogen-bond acceptors (Lipinski definition) is 3. The first kappa shape index (κ1) is 18.7. The summed E-state index contributed by atoms with van der Waals surface area (Å²) in [7, 11) is 0. The predicted octanol–water partition coefficient (Wildman–Crippen LogP) is 3.75. The number of carbonyl (C=O) groups is 1. The summed E-state index contributed by atoms with van der Waals surface area (Å²) in [5.74, 6) is 1.68. The summed E-state index contributed by atoms with van der Waals surface area (Å²) in [5.41, 5.74) is 2.96. The Hall–Kier alpha value is -3.08. The molecule has 0 aliphatic heterocycles. The molecule has 5 nitrogen and oxygen atoms in total. The molecule has 0 radical (unpaired) electrons. The Morgan fingerprint density at radius 2 is 1.81 bits per heavy atom. The molecule has 140 valence electrons. The summed E-state index contributed by atoms with van der Waals surface area (Å²) in [5, 5.41) is 2.97. The van der Waals surface area contributed by atoms with Crippen molar-refractivity contribution in [3.05, 3.63) is 83.4 Å². The van der Waals surface area contributed by atoms with Crippen molar-refractivity contribution in [2.24, 2.45) is 0 Å². The number of ether oxygens (including phenoxy) is 1. The van der Waals surface area contributed by atoms with E-state index in [9.17, 15) is 4.79 Å². The molecular formula is C22H25N3O2. The van der Waals surface area contributed by atoms with Gasteiger partial charge in [-0.15, -0.1) is 0 Å². The number of amides is 1. The van der Waals surface area contributed by atoms with Crippen LogP contribution in [0.1, 0.15) is 34.2 Å². The highest BCUT2D eigenvalue weighted by Crippen LogP contribution is 2.12. The summed E-state index contributed by atoms with van der Waals surface area (Å²) < 4.78 is 7.79. The first-order chi connectivity index (χ1) is 13.0. The van der Waals surface area contributed by atoms with Gasteiger partial charge < -0.3 is 14.6 Å². The maximum absolute atomic E-state index is 12.4. The normalized spacial score (nSPS) is 11.8. The largest absolute Gasteiger partial charge is 0.491 e. The van der Waals surface area contributed by atoms with E-state index in [1.54, 1.807) is 6.20 Å². The van der Waals surface area contributed by atoms with Crippen molar-refractivity contribution in [3.8, 4) is 5.75 Å². The van der Waals surface area contributed by atoms with Crippen LogP contribution >= 0.6 is 0 Å². The third-order valence-electron chi connectivity index (χ3n) is 4.39. The van der Waals surface area contributed by atoms with Crippen molar-refractivity contribution in [1.82, 2.24) is 14.9 Å². The van der Waals surface area contributed by atoms with Crippen LogP contribution in [0.5, 0.6) is 5.75 Å². The van der Waals surface area contributed by atoms with Gasteiger partial charge in [0.1, 0.15) is 18.2 Å². The van der Waals surface area contributed by atoms with E-state index in [2.05, 4.69) is 14.9 Å². The first-order valence-corrected chi connectivity index (χ1v) is 9.08. The molecule has 1 amide bonds. The fourth-order valence-corrected chi connectivity index (χ4v) is 2.73. The molecule has 3 rings (SSSR count). The number of rotatable bonds is 7. The Morgan fingerprint density at radius 1 is 1.11 bits per heavy atom.